The van der Waals surface area contributed by atoms with Gasteiger partial charge in [0.1, 0.15) is 5.75 Å². The van der Waals surface area contributed by atoms with E-state index in [0.717, 1.165) is 0 Å². The molecule has 0 bridgehead atoms. The van der Waals surface area contributed by atoms with Crippen LogP contribution in [0.25, 0.3) is 0 Å². The molecule has 7 heteroatoms. The van der Waals surface area contributed by atoms with Gasteiger partial charge in [0.25, 0.3) is 5.91 Å². The minimum atomic E-state index is -3.55. The molecule has 1 aromatic carbocycles. The molecule has 110 valence electrons. The molecule has 0 radical (unpaired) electrons. The molecular formula is C13H18N2O4S. The van der Waals surface area contributed by atoms with Crippen LogP contribution in [0.2, 0.25) is 0 Å². The smallest absolute Gasteiger partial charge is 0.268 e. The molecule has 1 amide bonds. The number of hydrogen-bond donors (Lipinski definition) is 2. The number of anilines is 1. The summed E-state index contributed by atoms with van der Waals surface area (Å²) in [7, 11) is -2.21. The van der Waals surface area contributed by atoms with Crippen molar-refractivity contribution in [1.29, 1.82) is 0 Å². The Balaban J connectivity index is 2.46. The van der Waals surface area contributed by atoms with Gasteiger partial charge in [0, 0.05) is 0 Å². The number of benzene rings is 1. The van der Waals surface area contributed by atoms with Crippen LogP contribution in [-0.4, -0.2) is 27.0 Å². The first kappa shape index (κ1) is 14.8. The molecule has 0 aromatic heterocycles. The Morgan fingerprint density at radius 3 is 2.50 bits per heavy atom. The summed E-state index contributed by atoms with van der Waals surface area (Å²) in [6.07, 6.45) is 1.09. The van der Waals surface area contributed by atoms with Crippen molar-refractivity contribution in [1.82, 2.24) is 4.72 Å². The molecule has 1 heterocycles. The van der Waals surface area contributed by atoms with Crippen molar-refractivity contribution in [3.8, 4) is 5.75 Å². The number of carbonyl (C=O) groups is 1. The zero-order chi connectivity index (χ0) is 15.0. The molecule has 6 nitrogen and oxygen atoms in total. The number of nitrogens with one attached hydrogen (secondary N) is 2. The van der Waals surface area contributed by atoms with Crippen molar-refractivity contribution in [3.05, 3.63) is 18.2 Å². The van der Waals surface area contributed by atoms with E-state index in [1.165, 1.54) is 19.2 Å². The summed E-state index contributed by atoms with van der Waals surface area (Å²) >= 11 is 0. The van der Waals surface area contributed by atoms with Crippen LogP contribution in [0.5, 0.6) is 5.75 Å². The van der Waals surface area contributed by atoms with E-state index >= 15 is 0 Å². The molecule has 0 saturated heterocycles. The van der Waals surface area contributed by atoms with Gasteiger partial charge in [-0.25, -0.2) is 13.1 Å². The molecule has 0 atom stereocenters. The average molecular weight is 298 g/mol. The fraction of sp³-hybridized carbons (Fsp3) is 0.462. The predicted octanol–water partition coefficient (Wildman–Crippen LogP) is 1.48. The third-order valence-electron chi connectivity index (χ3n) is 3.64. The lowest BCUT2D eigenvalue weighted by Gasteiger charge is -2.36. The van der Waals surface area contributed by atoms with Crippen LogP contribution in [-0.2, 0) is 14.8 Å². The predicted molar refractivity (Wildman–Crippen MR) is 75.3 cm³/mol. The van der Waals surface area contributed by atoms with Gasteiger partial charge >= 0.3 is 0 Å². The molecule has 2 N–H and O–H groups in total. The van der Waals surface area contributed by atoms with Crippen LogP contribution < -0.4 is 14.8 Å². The van der Waals surface area contributed by atoms with Crippen molar-refractivity contribution in [3.63, 3.8) is 0 Å². The van der Waals surface area contributed by atoms with Crippen LogP contribution in [0, 0.1) is 0 Å². The lowest BCUT2D eigenvalue weighted by molar-refractivity contribution is -0.133. The second-order valence-corrected chi connectivity index (χ2v) is 6.51. The molecular weight excluding hydrogens is 280 g/mol. The van der Waals surface area contributed by atoms with E-state index in [-0.39, 0.29) is 10.8 Å². The number of rotatable bonds is 4. The van der Waals surface area contributed by atoms with Gasteiger partial charge in [-0.3, -0.25) is 4.79 Å². The first-order valence-electron chi connectivity index (χ1n) is 6.46. The van der Waals surface area contributed by atoms with E-state index in [4.69, 9.17) is 4.74 Å². The number of fused-ring (bicyclic) bond motifs is 1. The average Bonchev–Trinajstić information content (AvgIpc) is 2.46. The SMILES string of the molecule is CCC1(CC)Oc2ccc(S(=O)(=O)NC)cc2NC1=O. The van der Waals surface area contributed by atoms with Crippen LogP contribution in [0.1, 0.15) is 26.7 Å². The Morgan fingerprint density at radius 1 is 1.30 bits per heavy atom. The molecule has 20 heavy (non-hydrogen) atoms. The van der Waals surface area contributed by atoms with Crippen molar-refractivity contribution < 1.29 is 17.9 Å². The maximum Gasteiger partial charge on any atom is 0.268 e. The van der Waals surface area contributed by atoms with E-state index in [9.17, 15) is 13.2 Å². The first-order chi connectivity index (χ1) is 9.38. The summed E-state index contributed by atoms with van der Waals surface area (Å²) in [6.45, 7) is 3.77. The maximum absolute atomic E-state index is 12.2. The van der Waals surface area contributed by atoms with Gasteiger partial charge in [0.15, 0.2) is 5.60 Å². The largest absolute Gasteiger partial charge is 0.475 e. The Kier molecular flexibility index (Phi) is 3.75. The second-order valence-electron chi connectivity index (χ2n) is 4.62. The van der Waals surface area contributed by atoms with E-state index in [1.54, 1.807) is 6.07 Å². The molecule has 1 aliphatic heterocycles. The Hall–Kier alpha value is -1.60. The summed E-state index contributed by atoms with van der Waals surface area (Å²) < 4.78 is 31.5. The fourth-order valence-corrected chi connectivity index (χ4v) is 2.95. The standard InChI is InChI=1S/C13H18N2O4S/c1-4-13(5-2)12(16)15-10-8-9(20(17,18)14-3)6-7-11(10)19-13/h6-8,14H,4-5H2,1-3H3,(H,15,16). The van der Waals surface area contributed by atoms with Gasteiger partial charge < -0.3 is 10.1 Å². The van der Waals surface area contributed by atoms with Crippen LogP contribution in [0.15, 0.2) is 23.1 Å². The van der Waals surface area contributed by atoms with Crippen LogP contribution in [0.4, 0.5) is 5.69 Å². The topological polar surface area (TPSA) is 84.5 Å². The number of carbonyl (C=O) groups excluding carboxylic acids is 1. The minimum Gasteiger partial charge on any atom is -0.475 e. The minimum absolute atomic E-state index is 0.0862. The Labute approximate surface area is 118 Å². The summed E-state index contributed by atoms with van der Waals surface area (Å²) in [5.41, 5.74) is -0.500. The highest BCUT2D eigenvalue weighted by atomic mass is 32.2. The number of hydrogen-bond acceptors (Lipinski definition) is 4. The number of sulfonamides is 1. The molecule has 0 saturated carbocycles. The third kappa shape index (κ3) is 2.27. The molecule has 1 aliphatic rings. The molecule has 2 rings (SSSR count). The quantitative estimate of drug-likeness (QED) is 0.882. The van der Waals surface area contributed by atoms with Crippen molar-refractivity contribution in [2.24, 2.45) is 0 Å². The lowest BCUT2D eigenvalue weighted by Crippen LogP contribution is -2.50. The third-order valence-corrected chi connectivity index (χ3v) is 5.05. The molecule has 0 fully saturated rings. The van der Waals surface area contributed by atoms with Gasteiger partial charge in [-0.05, 0) is 38.1 Å². The van der Waals surface area contributed by atoms with Gasteiger partial charge in [-0.15, -0.1) is 0 Å². The maximum atomic E-state index is 12.2. The van der Waals surface area contributed by atoms with E-state index in [2.05, 4.69) is 10.0 Å². The van der Waals surface area contributed by atoms with Crippen LogP contribution in [0.3, 0.4) is 0 Å². The highest BCUT2D eigenvalue weighted by Crippen LogP contribution is 2.37. The zero-order valence-electron chi connectivity index (χ0n) is 11.7. The van der Waals surface area contributed by atoms with E-state index in [1.807, 2.05) is 13.8 Å². The van der Waals surface area contributed by atoms with Crippen molar-refractivity contribution >= 4 is 21.6 Å². The normalized spacial score (nSPS) is 17.1. The zero-order valence-corrected chi connectivity index (χ0v) is 12.5. The summed E-state index contributed by atoms with van der Waals surface area (Å²) in [5.74, 6) is 0.248. The summed E-state index contributed by atoms with van der Waals surface area (Å²) in [5, 5.41) is 2.73. The van der Waals surface area contributed by atoms with Gasteiger partial charge in [-0.1, -0.05) is 13.8 Å². The lowest BCUT2D eigenvalue weighted by atomic mass is 9.94. The van der Waals surface area contributed by atoms with E-state index in [0.29, 0.717) is 24.3 Å². The molecule has 0 unspecified atom stereocenters. The Morgan fingerprint density at radius 2 is 1.95 bits per heavy atom. The fourth-order valence-electron chi connectivity index (χ4n) is 2.19. The van der Waals surface area contributed by atoms with Crippen molar-refractivity contribution in [2.45, 2.75) is 37.2 Å². The monoisotopic (exact) mass is 298 g/mol. The first-order valence-corrected chi connectivity index (χ1v) is 7.95. The number of amides is 1. The van der Waals surface area contributed by atoms with Crippen molar-refractivity contribution in [2.75, 3.05) is 12.4 Å². The van der Waals surface area contributed by atoms with Gasteiger partial charge in [0.05, 0.1) is 10.6 Å². The molecule has 0 aliphatic carbocycles. The van der Waals surface area contributed by atoms with Gasteiger partial charge in [0.2, 0.25) is 10.0 Å². The van der Waals surface area contributed by atoms with E-state index < -0.39 is 15.6 Å². The summed E-state index contributed by atoms with van der Waals surface area (Å²) in [4.78, 5) is 12.3. The number of ether oxygens (including phenoxy) is 1. The second kappa shape index (κ2) is 5.06. The molecule has 1 aromatic rings. The van der Waals surface area contributed by atoms with Crippen LogP contribution >= 0.6 is 0 Å². The van der Waals surface area contributed by atoms with Gasteiger partial charge in [-0.2, -0.15) is 0 Å². The molecule has 0 spiro atoms. The highest BCUT2D eigenvalue weighted by molar-refractivity contribution is 7.89. The Bertz CT molecular complexity index is 636. The highest BCUT2D eigenvalue weighted by Gasteiger charge is 2.41. The summed E-state index contributed by atoms with van der Waals surface area (Å²) in [6, 6.07) is 4.42.